The molecule has 2 rings (SSSR count). The number of nitrogens with two attached hydrogens (primary N) is 1. The predicted octanol–water partition coefficient (Wildman–Crippen LogP) is 0.851. The van der Waals surface area contributed by atoms with E-state index in [0.29, 0.717) is 0 Å². The minimum atomic E-state index is 0.0335. The molecular formula is C10H13NO. The fourth-order valence-corrected chi connectivity index (χ4v) is 1.89. The summed E-state index contributed by atoms with van der Waals surface area (Å²) in [5.74, 6) is 0.224. The SMILES string of the molecule is N[C@@H]1c2ccccc2C[C@@H]1CO. The maximum absolute atomic E-state index is 9.03. The number of hydrogen-bond acceptors (Lipinski definition) is 2. The normalized spacial score (nSPS) is 27.2. The Morgan fingerprint density at radius 2 is 2.17 bits per heavy atom. The van der Waals surface area contributed by atoms with Crippen LogP contribution in [0.5, 0.6) is 0 Å². The molecule has 1 aromatic carbocycles. The summed E-state index contributed by atoms with van der Waals surface area (Å²) >= 11 is 0. The lowest BCUT2D eigenvalue weighted by molar-refractivity contribution is 0.214. The average Bonchev–Trinajstić information content (AvgIpc) is 2.44. The molecule has 0 spiro atoms. The summed E-state index contributed by atoms with van der Waals surface area (Å²) in [7, 11) is 0. The van der Waals surface area contributed by atoms with Gasteiger partial charge in [0.2, 0.25) is 0 Å². The molecule has 3 N–H and O–H groups in total. The highest BCUT2D eigenvalue weighted by Gasteiger charge is 2.28. The largest absolute Gasteiger partial charge is 0.396 e. The Bertz CT molecular complexity index is 285. The lowest BCUT2D eigenvalue weighted by atomic mass is 10.0. The van der Waals surface area contributed by atoms with Crippen molar-refractivity contribution in [3.8, 4) is 0 Å². The molecule has 0 bridgehead atoms. The highest BCUT2D eigenvalue weighted by molar-refractivity contribution is 5.35. The molecule has 2 atom stereocenters. The first-order valence-electron chi connectivity index (χ1n) is 4.27. The fourth-order valence-electron chi connectivity index (χ4n) is 1.89. The van der Waals surface area contributed by atoms with Crippen LogP contribution >= 0.6 is 0 Å². The van der Waals surface area contributed by atoms with Crippen LogP contribution < -0.4 is 5.73 Å². The van der Waals surface area contributed by atoms with Gasteiger partial charge in [0.05, 0.1) is 0 Å². The van der Waals surface area contributed by atoms with Gasteiger partial charge in [0.25, 0.3) is 0 Å². The summed E-state index contributed by atoms with van der Waals surface area (Å²) in [6.07, 6.45) is 0.924. The van der Waals surface area contributed by atoms with E-state index in [1.807, 2.05) is 12.1 Å². The first kappa shape index (κ1) is 7.77. The van der Waals surface area contributed by atoms with Gasteiger partial charge >= 0.3 is 0 Å². The monoisotopic (exact) mass is 163 g/mol. The van der Waals surface area contributed by atoms with Crippen LogP contribution in [0.2, 0.25) is 0 Å². The summed E-state index contributed by atoms with van der Waals surface area (Å²) < 4.78 is 0. The van der Waals surface area contributed by atoms with Gasteiger partial charge in [-0.25, -0.2) is 0 Å². The van der Waals surface area contributed by atoms with Crippen molar-refractivity contribution in [3.05, 3.63) is 35.4 Å². The number of rotatable bonds is 1. The zero-order valence-electron chi connectivity index (χ0n) is 6.90. The Morgan fingerprint density at radius 3 is 2.83 bits per heavy atom. The number of hydrogen-bond donors (Lipinski definition) is 2. The number of fused-ring (bicyclic) bond motifs is 1. The molecule has 1 aliphatic carbocycles. The molecule has 0 heterocycles. The Hall–Kier alpha value is -0.860. The standard InChI is InChI=1S/C10H13NO/c11-10-8(6-12)5-7-3-1-2-4-9(7)10/h1-4,8,10,12H,5-6,11H2/t8-,10+/m1/s1. The first-order chi connectivity index (χ1) is 5.83. The van der Waals surface area contributed by atoms with Crippen molar-refractivity contribution in [2.75, 3.05) is 6.61 Å². The molecule has 1 aromatic rings. The van der Waals surface area contributed by atoms with Gasteiger partial charge in [-0.1, -0.05) is 24.3 Å². The summed E-state index contributed by atoms with van der Waals surface area (Å²) in [6.45, 7) is 0.190. The minimum absolute atomic E-state index is 0.0335. The van der Waals surface area contributed by atoms with Crippen LogP contribution in [0.3, 0.4) is 0 Å². The van der Waals surface area contributed by atoms with Crippen molar-refractivity contribution in [2.45, 2.75) is 12.5 Å². The molecule has 0 aromatic heterocycles. The summed E-state index contributed by atoms with van der Waals surface area (Å²) in [4.78, 5) is 0. The van der Waals surface area contributed by atoms with E-state index < -0.39 is 0 Å². The lowest BCUT2D eigenvalue weighted by Crippen LogP contribution is -2.19. The van der Waals surface area contributed by atoms with Gasteiger partial charge < -0.3 is 10.8 Å². The molecule has 0 amide bonds. The van der Waals surface area contributed by atoms with E-state index in [2.05, 4.69) is 12.1 Å². The molecule has 2 heteroatoms. The van der Waals surface area contributed by atoms with Crippen LogP contribution in [0.4, 0.5) is 0 Å². The van der Waals surface area contributed by atoms with Gasteiger partial charge in [0, 0.05) is 18.6 Å². The summed E-state index contributed by atoms with van der Waals surface area (Å²) in [5, 5.41) is 9.03. The Balaban J connectivity index is 2.35. The molecule has 1 aliphatic rings. The molecule has 12 heavy (non-hydrogen) atoms. The van der Waals surface area contributed by atoms with Gasteiger partial charge in [-0.15, -0.1) is 0 Å². The predicted molar refractivity (Wildman–Crippen MR) is 47.7 cm³/mol. The van der Waals surface area contributed by atoms with Gasteiger partial charge in [0.15, 0.2) is 0 Å². The van der Waals surface area contributed by atoms with Crippen molar-refractivity contribution in [1.82, 2.24) is 0 Å². The first-order valence-corrected chi connectivity index (χ1v) is 4.27. The zero-order chi connectivity index (χ0) is 8.55. The quantitative estimate of drug-likeness (QED) is 0.644. The van der Waals surface area contributed by atoms with Crippen LogP contribution in [0.15, 0.2) is 24.3 Å². The zero-order valence-corrected chi connectivity index (χ0v) is 6.90. The molecule has 0 aliphatic heterocycles. The van der Waals surface area contributed by atoms with Crippen LogP contribution in [-0.2, 0) is 6.42 Å². The van der Waals surface area contributed by atoms with Crippen LogP contribution in [-0.4, -0.2) is 11.7 Å². The van der Waals surface area contributed by atoms with Crippen LogP contribution in [0.1, 0.15) is 17.2 Å². The van der Waals surface area contributed by atoms with Crippen molar-refractivity contribution < 1.29 is 5.11 Å². The van der Waals surface area contributed by atoms with Gasteiger partial charge in [-0.2, -0.15) is 0 Å². The lowest BCUT2D eigenvalue weighted by Gasteiger charge is -2.11. The summed E-state index contributed by atoms with van der Waals surface area (Å²) in [6, 6.07) is 8.19. The van der Waals surface area contributed by atoms with E-state index >= 15 is 0 Å². The molecule has 0 saturated carbocycles. The van der Waals surface area contributed by atoms with Crippen molar-refractivity contribution >= 4 is 0 Å². The Morgan fingerprint density at radius 1 is 1.42 bits per heavy atom. The number of benzene rings is 1. The van der Waals surface area contributed by atoms with E-state index in [0.717, 1.165) is 6.42 Å². The van der Waals surface area contributed by atoms with Gasteiger partial charge in [-0.3, -0.25) is 0 Å². The molecule has 0 saturated heterocycles. The number of aliphatic hydroxyl groups excluding tert-OH is 1. The summed E-state index contributed by atoms with van der Waals surface area (Å²) in [5.41, 5.74) is 8.44. The van der Waals surface area contributed by atoms with Gasteiger partial charge in [-0.05, 0) is 17.5 Å². The molecule has 2 nitrogen and oxygen atoms in total. The second-order valence-corrected chi connectivity index (χ2v) is 3.37. The number of aliphatic hydroxyl groups is 1. The minimum Gasteiger partial charge on any atom is -0.396 e. The van der Waals surface area contributed by atoms with Crippen LogP contribution in [0, 0.1) is 5.92 Å². The molecular weight excluding hydrogens is 150 g/mol. The van der Waals surface area contributed by atoms with E-state index in [-0.39, 0.29) is 18.6 Å². The molecule has 0 unspecified atom stereocenters. The maximum Gasteiger partial charge on any atom is 0.0480 e. The highest BCUT2D eigenvalue weighted by Crippen LogP contribution is 2.33. The third-order valence-corrected chi connectivity index (χ3v) is 2.64. The Kier molecular flexibility index (Phi) is 1.87. The van der Waals surface area contributed by atoms with E-state index in [9.17, 15) is 0 Å². The Labute approximate surface area is 72.0 Å². The second-order valence-electron chi connectivity index (χ2n) is 3.37. The van der Waals surface area contributed by atoms with Crippen LogP contribution in [0.25, 0.3) is 0 Å². The average molecular weight is 163 g/mol. The second kappa shape index (κ2) is 2.88. The highest BCUT2D eigenvalue weighted by atomic mass is 16.3. The molecule has 0 radical (unpaired) electrons. The van der Waals surface area contributed by atoms with E-state index in [1.54, 1.807) is 0 Å². The van der Waals surface area contributed by atoms with Crippen molar-refractivity contribution in [1.29, 1.82) is 0 Å². The van der Waals surface area contributed by atoms with Crippen molar-refractivity contribution in [2.24, 2.45) is 11.7 Å². The van der Waals surface area contributed by atoms with Gasteiger partial charge in [0.1, 0.15) is 0 Å². The van der Waals surface area contributed by atoms with E-state index in [1.165, 1.54) is 11.1 Å². The third kappa shape index (κ3) is 1.04. The van der Waals surface area contributed by atoms with Crippen molar-refractivity contribution in [3.63, 3.8) is 0 Å². The van der Waals surface area contributed by atoms with E-state index in [4.69, 9.17) is 10.8 Å². The fraction of sp³-hybridized carbons (Fsp3) is 0.400. The molecule has 64 valence electrons. The maximum atomic E-state index is 9.03. The molecule has 0 fully saturated rings. The topological polar surface area (TPSA) is 46.2 Å². The third-order valence-electron chi connectivity index (χ3n) is 2.64. The smallest absolute Gasteiger partial charge is 0.0480 e.